The Labute approximate surface area is 218 Å². The smallest absolute Gasteiger partial charge is 0.240 e. The van der Waals surface area contributed by atoms with Gasteiger partial charge in [-0.2, -0.15) is 0 Å². The van der Waals surface area contributed by atoms with E-state index in [9.17, 15) is 13.2 Å². The van der Waals surface area contributed by atoms with Crippen LogP contribution in [0.4, 0.5) is 0 Å². The molecule has 0 bridgehead atoms. The number of nitrogens with one attached hydrogen (secondary N) is 3. The Balaban J connectivity index is 1.23. The van der Waals surface area contributed by atoms with Gasteiger partial charge < -0.3 is 10.6 Å². The van der Waals surface area contributed by atoms with Gasteiger partial charge in [0, 0.05) is 31.6 Å². The van der Waals surface area contributed by atoms with Gasteiger partial charge in [0.1, 0.15) is 0 Å². The fourth-order valence-electron chi connectivity index (χ4n) is 5.00. The van der Waals surface area contributed by atoms with E-state index < -0.39 is 10.0 Å². The zero-order valence-corrected chi connectivity index (χ0v) is 21.3. The molecule has 7 heteroatoms. The zero-order valence-electron chi connectivity index (χ0n) is 20.5. The molecule has 0 spiro atoms. The molecular formula is C30H31N3O3S. The van der Waals surface area contributed by atoms with E-state index in [1.807, 2.05) is 66.7 Å². The van der Waals surface area contributed by atoms with Gasteiger partial charge in [-0.05, 0) is 40.5 Å². The van der Waals surface area contributed by atoms with E-state index in [4.69, 9.17) is 0 Å². The summed E-state index contributed by atoms with van der Waals surface area (Å²) in [7, 11) is -3.72. The van der Waals surface area contributed by atoms with Crippen LogP contribution in [0.25, 0.3) is 10.8 Å². The van der Waals surface area contributed by atoms with E-state index in [2.05, 4.69) is 39.6 Å². The lowest BCUT2D eigenvalue weighted by Crippen LogP contribution is -2.52. The standard InChI is InChI=1S/C30H31N3O3S/c34-30(32-21-29(23-10-3-1-4-11-23)24-12-5-2-6-13-24)26-17-27(20-31-19-26)33-37(35,36)28-16-15-22-9-7-8-14-25(22)18-28/h1-16,18,26-27,29,31,33H,17,19-21H2,(H,32,34)/t26-,27-/m0/s1. The van der Waals surface area contributed by atoms with Gasteiger partial charge >= 0.3 is 0 Å². The Morgan fingerprint density at radius 1 is 0.811 bits per heavy atom. The number of sulfonamides is 1. The molecule has 3 N–H and O–H groups in total. The molecule has 0 saturated carbocycles. The van der Waals surface area contributed by atoms with Crippen LogP contribution in [-0.4, -0.2) is 40.0 Å². The number of piperidine rings is 1. The fourth-order valence-corrected chi connectivity index (χ4v) is 6.28. The molecule has 1 saturated heterocycles. The summed E-state index contributed by atoms with van der Waals surface area (Å²) >= 11 is 0. The van der Waals surface area contributed by atoms with Crippen LogP contribution >= 0.6 is 0 Å². The van der Waals surface area contributed by atoms with Crippen LogP contribution in [0.15, 0.2) is 108 Å². The number of amides is 1. The first kappa shape index (κ1) is 25.1. The van der Waals surface area contributed by atoms with Crippen LogP contribution in [0.2, 0.25) is 0 Å². The molecule has 0 radical (unpaired) electrons. The topological polar surface area (TPSA) is 87.3 Å². The third kappa shape index (κ3) is 6.07. The zero-order chi connectivity index (χ0) is 25.7. The van der Waals surface area contributed by atoms with E-state index in [0.29, 0.717) is 26.1 Å². The van der Waals surface area contributed by atoms with Crippen molar-refractivity contribution in [1.82, 2.24) is 15.4 Å². The van der Waals surface area contributed by atoms with Crippen molar-refractivity contribution < 1.29 is 13.2 Å². The van der Waals surface area contributed by atoms with Crippen molar-refractivity contribution in [3.63, 3.8) is 0 Å². The third-order valence-electron chi connectivity index (χ3n) is 6.96. The second kappa shape index (κ2) is 11.3. The highest BCUT2D eigenvalue weighted by molar-refractivity contribution is 7.89. The van der Waals surface area contributed by atoms with Gasteiger partial charge in [-0.3, -0.25) is 4.79 Å². The molecular weight excluding hydrogens is 482 g/mol. The van der Waals surface area contributed by atoms with E-state index in [1.165, 1.54) is 0 Å². The summed E-state index contributed by atoms with van der Waals surface area (Å²) in [5.41, 5.74) is 2.27. The van der Waals surface area contributed by atoms with Crippen LogP contribution in [0, 0.1) is 5.92 Å². The summed E-state index contributed by atoms with van der Waals surface area (Å²) in [6, 6.07) is 32.7. The minimum Gasteiger partial charge on any atom is -0.355 e. The van der Waals surface area contributed by atoms with Crippen molar-refractivity contribution in [2.45, 2.75) is 23.3 Å². The Kier molecular flexibility index (Phi) is 7.65. The molecule has 6 nitrogen and oxygen atoms in total. The summed E-state index contributed by atoms with van der Waals surface area (Å²) in [6.45, 7) is 1.46. The van der Waals surface area contributed by atoms with E-state index in [0.717, 1.165) is 21.9 Å². The van der Waals surface area contributed by atoms with Crippen molar-refractivity contribution in [3.05, 3.63) is 114 Å². The fraction of sp³-hybridized carbons (Fsp3) is 0.233. The molecule has 1 fully saturated rings. The Morgan fingerprint density at radius 3 is 2.11 bits per heavy atom. The van der Waals surface area contributed by atoms with Gasteiger partial charge in [-0.1, -0.05) is 91.0 Å². The van der Waals surface area contributed by atoms with Crippen LogP contribution in [0.3, 0.4) is 0 Å². The number of fused-ring (bicyclic) bond motifs is 1. The summed E-state index contributed by atoms with van der Waals surface area (Å²) in [5.74, 6) is -0.366. The highest BCUT2D eigenvalue weighted by atomic mass is 32.2. The Morgan fingerprint density at radius 2 is 1.43 bits per heavy atom. The molecule has 5 rings (SSSR count). The lowest BCUT2D eigenvalue weighted by Gasteiger charge is -2.30. The first-order valence-corrected chi connectivity index (χ1v) is 14.1. The molecule has 2 atom stereocenters. The molecule has 4 aromatic rings. The van der Waals surface area contributed by atoms with Gasteiger partial charge in [0.2, 0.25) is 15.9 Å². The predicted molar refractivity (Wildman–Crippen MR) is 147 cm³/mol. The molecule has 190 valence electrons. The average Bonchev–Trinajstić information content (AvgIpc) is 2.94. The van der Waals surface area contributed by atoms with Gasteiger partial charge in [-0.15, -0.1) is 0 Å². The second-order valence-electron chi connectivity index (χ2n) is 9.54. The largest absolute Gasteiger partial charge is 0.355 e. The number of hydrogen-bond donors (Lipinski definition) is 3. The van der Waals surface area contributed by atoms with Crippen molar-refractivity contribution in [2.24, 2.45) is 5.92 Å². The van der Waals surface area contributed by atoms with Crippen molar-refractivity contribution in [2.75, 3.05) is 19.6 Å². The summed E-state index contributed by atoms with van der Waals surface area (Å²) in [6.07, 6.45) is 0.437. The normalized spacial score (nSPS) is 18.1. The third-order valence-corrected chi connectivity index (χ3v) is 8.48. The maximum absolute atomic E-state index is 13.2. The maximum Gasteiger partial charge on any atom is 0.240 e. The quantitative estimate of drug-likeness (QED) is 0.332. The van der Waals surface area contributed by atoms with Crippen LogP contribution in [-0.2, 0) is 14.8 Å². The highest BCUT2D eigenvalue weighted by Crippen LogP contribution is 2.24. The number of benzene rings is 4. The highest BCUT2D eigenvalue weighted by Gasteiger charge is 2.30. The van der Waals surface area contributed by atoms with Crippen LogP contribution in [0.5, 0.6) is 0 Å². The minimum absolute atomic E-state index is 0.0325. The van der Waals surface area contributed by atoms with Crippen molar-refractivity contribution >= 4 is 26.7 Å². The molecule has 1 aliphatic heterocycles. The van der Waals surface area contributed by atoms with Gasteiger partial charge in [0.25, 0.3) is 0 Å². The van der Waals surface area contributed by atoms with Gasteiger partial charge in [0.15, 0.2) is 0 Å². The SMILES string of the molecule is O=C(NCC(c1ccccc1)c1ccccc1)[C@@H]1CNC[C@@H](NS(=O)(=O)c2ccc3ccccc3c2)C1. The van der Waals surface area contributed by atoms with E-state index in [-0.39, 0.29) is 28.7 Å². The van der Waals surface area contributed by atoms with E-state index in [1.54, 1.807) is 12.1 Å². The Bertz CT molecular complexity index is 1420. The number of carbonyl (C=O) groups excluding carboxylic acids is 1. The predicted octanol–water partition coefficient (Wildman–Crippen LogP) is 4.04. The van der Waals surface area contributed by atoms with E-state index >= 15 is 0 Å². The monoisotopic (exact) mass is 513 g/mol. The summed E-state index contributed by atoms with van der Waals surface area (Å²) < 4.78 is 29.0. The molecule has 4 aromatic carbocycles. The molecule has 37 heavy (non-hydrogen) atoms. The average molecular weight is 514 g/mol. The minimum atomic E-state index is -3.72. The number of rotatable bonds is 8. The maximum atomic E-state index is 13.2. The molecule has 1 heterocycles. The first-order valence-electron chi connectivity index (χ1n) is 12.6. The summed E-state index contributed by atoms with van der Waals surface area (Å²) in [5, 5.41) is 8.22. The second-order valence-corrected chi connectivity index (χ2v) is 11.3. The van der Waals surface area contributed by atoms with Crippen LogP contribution in [0.1, 0.15) is 23.5 Å². The molecule has 0 aliphatic carbocycles. The lowest BCUT2D eigenvalue weighted by molar-refractivity contribution is -0.125. The number of hydrogen-bond acceptors (Lipinski definition) is 4. The summed E-state index contributed by atoms with van der Waals surface area (Å²) in [4.78, 5) is 13.4. The van der Waals surface area contributed by atoms with Crippen molar-refractivity contribution in [1.29, 1.82) is 0 Å². The molecule has 1 amide bonds. The lowest BCUT2D eigenvalue weighted by atomic mass is 9.90. The molecule has 0 unspecified atom stereocenters. The first-order chi connectivity index (χ1) is 18.0. The van der Waals surface area contributed by atoms with Gasteiger partial charge in [-0.25, -0.2) is 13.1 Å². The van der Waals surface area contributed by atoms with Crippen molar-refractivity contribution in [3.8, 4) is 0 Å². The van der Waals surface area contributed by atoms with Gasteiger partial charge in [0.05, 0.1) is 10.8 Å². The molecule has 1 aliphatic rings. The number of carbonyl (C=O) groups is 1. The Hall–Kier alpha value is -3.52. The molecule has 0 aromatic heterocycles. The van der Waals surface area contributed by atoms with Crippen LogP contribution < -0.4 is 15.4 Å².